The molecule has 3 rings (SSSR count). The molecule has 5 heteroatoms. The predicted molar refractivity (Wildman–Crippen MR) is 95.5 cm³/mol. The fourth-order valence-electron chi connectivity index (χ4n) is 3.02. The second kappa shape index (κ2) is 7.57. The summed E-state index contributed by atoms with van der Waals surface area (Å²) in [6, 6.07) is 8.67. The summed E-state index contributed by atoms with van der Waals surface area (Å²) in [5.41, 5.74) is 1.18. The molecular weight excluding hydrogens is 288 g/mol. The van der Waals surface area contributed by atoms with Gasteiger partial charge in [0, 0.05) is 32.2 Å². The molecule has 1 heterocycles. The molecule has 1 atom stereocenters. The van der Waals surface area contributed by atoms with E-state index in [1.165, 1.54) is 18.5 Å². The number of nitrogens with zero attached hydrogens (tertiary/aromatic N) is 2. The van der Waals surface area contributed by atoms with Gasteiger partial charge in [0.15, 0.2) is 5.96 Å². The molecule has 5 nitrogen and oxygen atoms in total. The van der Waals surface area contributed by atoms with E-state index in [1.807, 2.05) is 12.1 Å². The van der Waals surface area contributed by atoms with Crippen LogP contribution in [0.2, 0.25) is 0 Å². The van der Waals surface area contributed by atoms with Crippen molar-refractivity contribution < 1.29 is 4.74 Å². The predicted octanol–water partition coefficient (Wildman–Crippen LogP) is 2.24. The third-order valence-electron chi connectivity index (χ3n) is 4.50. The van der Waals surface area contributed by atoms with Crippen LogP contribution < -0.4 is 20.3 Å². The van der Waals surface area contributed by atoms with Crippen molar-refractivity contribution in [2.75, 3.05) is 38.2 Å². The molecule has 1 aromatic carbocycles. The number of anilines is 1. The molecule has 0 bridgehead atoms. The molecule has 0 spiro atoms. The lowest BCUT2D eigenvalue weighted by molar-refractivity contribution is 0.415. The molecule has 0 amide bonds. The van der Waals surface area contributed by atoms with Crippen LogP contribution in [0.15, 0.2) is 29.3 Å². The van der Waals surface area contributed by atoms with Crippen molar-refractivity contribution in [3.8, 4) is 5.75 Å². The zero-order valence-corrected chi connectivity index (χ0v) is 14.2. The van der Waals surface area contributed by atoms with Crippen LogP contribution in [0.1, 0.15) is 26.2 Å². The van der Waals surface area contributed by atoms with Crippen molar-refractivity contribution in [3.63, 3.8) is 0 Å². The molecule has 0 radical (unpaired) electrons. The van der Waals surface area contributed by atoms with Gasteiger partial charge in [-0.3, -0.25) is 4.99 Å². The van der Waals surface area contributed by atoms with Gasteiger partial charge in [-0.25, -0.2) is 0 Å². The highest BCUT2D eigenvalue weighted by Crippen LogP contribution is 2.30. The summed E-state index contributed by atoms with van der Waals surface area (Å²) in [7, 11) is 1.73. The summed E-state index contributed by atoms with van der Waals surface area (Å²) in [5, 5.41) is 6.96. The first kappa shape index (κ1) is 16.0. The van der Waals surface area contributed by atoms with Gasteiger partial charge in [0.2, 0.25) is 0 Å². The summed E-state index contributed by atoms with van der Waals surface area (Å²) >= 11 is 0. The van der Waals surface area contributed by atoms with Crippen molar-refractivity contribution in [1.82, 2.24) is 10.6 Å². The van der Waals surface area contributed by atoms with E-state index in [1.54, 1.807) is 7.11 Å². The minimum absolute atomic E-state index is 0.428. The van der Waals surface area contributed by atoms with Crippen molar-refractivity contribution in [2.45, 2.75) is 32.2 Å². The molecule has 1 saturated heterocycles. The van der Waals surface area contributed by atoms with Gasteiger partial charge >= 0.3 is 0 Å². The van der Waals surface area contributed by atoms with Gasteiger partial charge in [0.1, 0.15) is 5.75 Å². The third kappa shape index (κ3) is 4.30. The number of para-hydroxylation sites is 2. The molecule has 0 aromatic heterocycles. The fourth-order valence-corrected chi connectivity index (χ4v) is 3.02. The smallest absolute Gasteiger partial charge is 0.191 e. The van der Waals surface area contributed by atoms with E-state index in [-0.39, 0.29) is 0 Å². The maximum absolute atomic E-state index is 5.49. The van der Waals surface area contributed by atoms with E-state index in [4.69, 9.17) is 9.73 Å². The molecule has 2 aliphatic rings. The van der Waals surface area contributed by atoms with Crippen LogP contribution >= 0.6 is 0 Å². The van der Waals surface area contributed by atoms with Crippen molar-refractivity contribution in [3.05, 3.63) is 24.3 Å². The maximum Gasteiger partial charge on any atom is 0.191 e. The van der Waals surface area contributed by atoms with E-state index in [0.717, 1.165) is 50.2 Å². The fraction of sp³-hybridized carbons (Fsp3) is 0.611. The highest BCUT2D eigenvalue weighted by molar-refractivity contribution is 5.80. The number of benzene rings is 1. The summed E-state index contributed by atoms with van der Waals surface area (Å²) in [4.78, 5) is 7.11. The highest BCUT2D eigenvalue weighted by Gasteiger charge is 2.26. The molecule has 2 fully saturated rings. The van der Waals surface area contributed by atoms with Crippen LogP contribution in [0.3, 0.4) is 0 Å². The summed E-state index contributed by atoms with van der Waals surface area (Å²) in [5.74, 6) is 2.73. The Kier molecular flexibility index (Phi) is 5.26. The average molecular weight is 316 g/mol. The third-order valence-corrected chi connectivity index (χ3v) is 4.50. The van der Waals surface area contributed by atoms with Crippen LogP contribution in [0, 0.1) is 5.92 Å². The summed E-state index contributed by atoms with van der Waals surface area (Å²) in [6.07, 6.45) is 3.80. The molecule has 126 valence electrons. The second-order valence-corrected chi connectivity index (χ2v) is 6.41. The Morgan fingerprint density at radius 2 is 2.13 bits per heavy atom. The van der Waals surface area contributed by atoms with Gasteiger partial charge in [-0.05, 0) is 44.2 Å². The first-order valence-corrected chi connectivity index (χ1v) is 8.73. The Morgan fingerprint density at radius 3 is 2.87 bits per heavy atom. The van der Waals surface area contributed by atoms with Crippen molar-refractivity contribution >= 4 is 11.6 Å². The van der Waals surface area contributed by atoms with Crippen LogP contribution in [-0.4, -0.2) is 45.3 Å². The zero-order valence-electron chi connectivity index (χ0n) is 14.2. The van der Waals surface area contributed by atoms with Crippen molar-refractivity contribution in [2.24, 2.45) is 10.9 Å². The molecular formula is C18H28N4O. The number of hydrogen-bond acceptors (Lipinski definition) is 3. The molecule has 1 saturated carbocycles. The van der Waals surface area contributed by atoms with Gasteiger partial charge in [-0.1, -0.05) is 12.1 Å². The number of nitrogens with one attached hydrogen (secondary N) is 2. The molecule has 1 aromatic rings. The van der Waals surface area contributed by atoms with E-state index in [2.05, 4.69) is 34.6 Å². The standard InChI is InChI=1S/C18H28N4O/c1-3-19-18(20-12-14-8-9-14)21-15-10-11-22(13-15)16-6-4-5-7-17(16)23-2/h4-7,14-15H,3,8-13H2,1-2H3,(H2,19,20,21). The number of methoxy groups -OCH3 is 1. The van der Waals surface area contributed by atoms with Crippen LogP contribution in [0.25, 0.3) is 0 Å². The number of rotatable bonds is 6. The lowest BCUT2D eigenvalue weighted by Gasteiger charge is -2.22. The van der Waals surface area contributed by atoms with Gasteiger partial charge in [0.25, 0.3) is 0 Å². The normalized spacial score (nSPS) is 21.4. The average Bonchev–Trinajstić information content (AvgIpc) is 3.30. The first-order valence-electron chi connectivity index (χ1n) is 8.73. The Balaban J connectivity index is 1.58. The Bertz CT molecular complexity index is 542. The van der Waals surface area contributed by atoms with Gasteiger partial charge < -0.3 is 20.3 Å². The van der Waals surface area contributed by atoms with E-state index >= 15 is 0 Å². The summed E-state index contributed by atoms with van der Waals surface area (Å²) in [6.45, 7) is 6.00. The largest absolute Gasteiger partial charge is 0.495 e. The van der Waals surface area contributed by atoms with Crippen LogP contribution in [0.4, 0.5) is 5.69 Å². The molecule has 23 heavy (non-hydrogen) atoms. The second-order valence-electron chi connectivity index (χ2n) is 6.41. The molecule has 1 unspecified atom stereocenters. The lowest BCUT2D eigenvalue weighted by Crippen LogP contribution is -2.44. The minimum Gasteiger partial charge on any atom is -0.495 e. The molecule has 1 aliphatic carbocycles. The van der Waals surface area contributed by atoms with Gasteiger partial charge in [-0.2, -0.15) is 0 Å². The van der Waals surface area contributed by atoms with E-state index in [9.17, 15) is 0 Å². The van der Waals surface area contributed by atoms with E-state index < -0.39 is 0 Å². The highest BCUT2D eigenvalue weighted by atomic mass is 16.5. The maximum atomic E-state index is 5.49. The lowest BCUT2D eigenvalue weighted by atomic mass is 10.2. The Morgan fingerprint density at radius 1 is 1.30 bits per heavy atom. The van der Waals surface area contributed by atoms with Gasteiger partial charge in [-0.15, -0.1) is 0 Å². The SMILES string of the molecule is CCNC(=NCC1CC1)NC1CCN(c2ccccc2OC)C1. The van der Waals surface area contributed by atoms with Crippen LogP contribution in [0.5, 0.6) is 5.75 Å². The first-order chi connectivity index (χ1) is 11.3. The number of aliphatic imine (C=N–C) groups is 1. The number of ether oxygens (including phenoxy) is 1. The van der Waals surface area contributed by atoms with Gasteiger partial charge in [0.05, 0.1) is 12.8 Å². The minimum atomic E-state index is 0.428. The van der Waals surface area contributed by atoms with Crippen molar-refractivity contribution in [1.29, 1.82) is 0 Å². The quantitative estimate of drug-likeness (QED) is 0.624. The van der Waals surface area contributed by atoms with Crippen LogP contribution in [-0.2, 0) is 0 Å². The Labute approximate surface area is 139 Å². The Hall–Kier alpha value is -1.91. The number of hydrogen-bond donors (Lipinski definition) is 2. The summed E-state index contributed by atoms with van der Waals surface area (Å²) < 4.78 is 5.49. The number of guanidine groups is 1. The zero-order chi connectivity index (χ0) is 16.1. The monoisotopic (exact) mass is 316 g/mol. The topological polar surface area (TPSA) is 48.9 Å². The molecule has 2 N–H and O–H groups in total. The molecule has 1 aliphatic heterocycles. The van der Waals surface area contributed by atoms with E-state index in [0.29, 0.717) is 6.04 Å².